The number of aliphatic hydroxyl groups excluding tert-OH is 1. The molecule has 0 radical (unpaired) electrons. The van der Waals surface area contributed by atoms with Crippen LogP contribution in [0.4, 0.5) is 13.2 Å². The number of hydrogen-bond donors (Lipinski definition) is 2. The molecule has 1 fully saturated rings. The number of nitrogens with zero attached hydrogens (tertiary/aromatic N) is 2. The lowest BCUT2D eigenvalue weighted by Gasteiger charge is -2.40. The highest BCUT2D eigenvalue weighted by Gasteiger charge is 2.34. The smallest absolute Gasteiger partial charge is 0.395 e. The summed E-state index contributed by atoms with van der Waals surface area (Å²) in [6.07, 6.45) is -2.39. The molecule has 114 valence electrons. The average molecular weight is 283 g/mol. The standard InChI is InChI=1S/C12H24F3N3O/c1-2-3-10(16)11(8-19)18-6-4-17(5-7-18)9-12(13,14)15/h10-11,19H,2-9,16H2,1H3. The number of piperazine rings is 1. The van der Waals surface area contributed by atoms with E-state index in [1.54, 1.807) is 0 Å². The number of rotatable bonds is 6. The second-order valence-corrected chi connectivity index (χ2v) is 5.13. The number of nitrogens with two attached hydrogens (primary N) is 1. The fraction of sp³-hybridized carbons (Fsp3) is 1.00. The van der Waals surface area contributed by atoms with Crippen molar-refractivity contribution < 1.29 is 18.3 Å². The molecule has 0 spiro atoms. The van der Waals surface area contributed by atoms with Gasteiger partial charge in [0.15, 0.2) is 0 Å². The van der Waals surface area contributed by atoms with E-state index < -0.39 is 12.7 Å². The molecule has 0 bridgehead atoms. The van der Waals surface area contributed by atoms with Crippen molar-refractivity contribution in [2.45, 2.75) is 38.0 Å². The lowest BCUT2D eigenvalue weighted by atomic mass is 10.0. The van der Waals surface area contributed by atoms with Gasteiger partial charge in [-0.3, -0.25) is 9.80 Å². The Morgan fingerprint density at radius 2 is 1.79 bits per heavy atom. The van der Waals surface area contributed by atoms with E-state index in [1.807, 2.05) is 11.8 Å². The molecule has 0 aromatic rings. The third-order valence-electron chi connectivity index (χ3n) is 3.58. The maximum Gasteiger partial charge on any atom is 0.401 e. The molecular weight excluding hydrogens is 259 g/mol. The summed E-state index contributed by atoms with van der Waals surface area (Å²) in [4.78, 5) is 3.41. The van der Waals surface area contributed by atoms with Crippen molar-refractivity contribution in [1.82, 2.24) is 9.80 Å². The Bertz CT molecular complexity index is 255. The molecular formula is C12H24F3N3O. The molecule has 2 atom stereocenters. The Labute approximate surface area is 112 Å². The molecule has 1 saturated heterocycles. The minimum atomic E-state index is -4.14. The molecule has 1 aliphatic rings. The summed E-state index contributed by atoms with van der Waals surface area (Å²) >= 11 is 0. The summed E-state index contributed by atoms with van der Waals surface area (Å²) in [6, 6.07) is -0.267. The quantitative estimate of drug-likeness (QED) is 0.752. The van der Waals surface area contributed by atoms with Gasteiger partial charge in [-0.05, 0) is 6.42 Å². The second-order valence-electron chi connectivity index (χ2n) is 5.13. The first-order chi connectivity index (χ1) is 8.87. The summed E-state index contributed by atoms with van der Waals surface area (Å²) in [5.41, 5.74) is 6.01. The van der Waals surface area contributed by atoms with Crippen molar-refractivity contribution in [1.29, 1.82) is 0 Å². The summed E-state index contributed by atoms with van der Waals surface area (Å²) in [5.74, 6) is 0. The van der Waals surface area contributed by atoms with Crippen LogP contribution in [-0.2, 0) is 0 Å². The van der Waals surface area contributed by atoms with Crippen molar-refractivity contribution in [3.63, 3.8) is 0 Å². The number of halogens is 3. The highest BCUT2D eigenvalue weighted by Crippen LogP contribution is 2.18. The first-order valence-corrected chi connectivity index (χ1v) is 6.77. The van der Waals surface area contributed by atoms with Crippen LogP contribution in [0.2, 0.25) is 0 Å². The van der Waals surface area contributed by atoms with Crippen LogP contribution in [0.5, 0.6) is 0 Å². The van der Waals surface area contributed by atoms with Crippen LogP contribution in [0, 0.1) is 0 Å². The van der Waals surface area contributed by atoms with E-state index in [-0.39, 0.29) is 18.7 Å². The van der Waals surface area contributed by atoms with E-state index in [1.165, 1.54) is 4.90 Å². The van der Waals surface area contributed by atoms with Crippen LogP contribution < -0.4 is 5.73 Å². The van der Waals surface area contributed by atoms with Crippen LogP contribution >= 0.6 is 0 Å². The Morgan fingerprint density at radius 1 is 1.21 bits per heavy atom. The molecule has 7 heteroatoms. The minimum Gasteiger partial charge on any atom is -0.395 e. The Morgan fingerprint density at radius 3 is 2.21 bits per heavy atom. The van der Waals surface area contributed by atoms with Gasteiger partial charge in [0.05, 0.1) is 13.2 Å². The topological polar surface area (TPSA) is 52.7 Å². The monoisotopic (exact) mass is 283 g/mol. The maximum atomic E-state index is 12.3. The molecule has 2 unspecified atom stereocenters. The van der Waals surface area contributed by atoms with E-state index in [4.69, 9.17) is 5.73 Å². The Kier molecular flexibility index (Phi) is 6.52. The van der Waals surface area contributed by atoms with Crippen LogP contribution in [0.25, 0.3) is 0 Å². The normalized spacial score (nSPS) is 22.4. The highest BCUT2D eigenvalue weighted by atomic mass is 19.4. The minimum absolute atomic E-state index is 0.0412. The van der Waals surface area contributed by atoms with E-state index in [0.717, 1.165) is 12.8 Å². The fourth-order valence-corrected chi connectivity index (χ4v) is 2.55. The van der Waals surface area contributed by atoms with Crippen molar-refractivity contribution in [2.24, 2.45) is 5.73 Å². The van der Waals surface area contributed by atoms with Gasteiger partial charge in [-0.25, -0.2) is 0 Å². The molecule has 0 amide bonds. The maximum absolute atomic E-state index is 12.3. The Balaban J connectivity index is 2.43. The van der Waals surface area contributed by atoms with E-state index >= 15 is 0 Å². The molecule has 0 aliphatic carbocycles. The van der Waals surface area contributed by atoms with E-state index in [9.17, 15) is 18.3 Å². The summed E-state index contributed by atoms with van der Waals surface area (Å²) in [6.45, 7) is 2.92. The Hall–Kier alpha value is -0.370. The van der Waals surface area contributed by atoms with Crippen LogP contribution in [-0.4, -0.2) is 72.5 Å². The molecule has 1 heterocycles. The van der Waals surface area contributed by atoms with Gasteiger partial charge in [0, 0.05) is 38.3 Å². The summed E-state index contributed by atoms with van der Waals surface area (Å²) in [5, 5.41) is 9.41. The second kappa shape index (κ2) is 7.42. The molecule has 0 aromatic heterocycles. The zero-order chi connectivity index (χ0) is 14.5. The molecule has 19 heavy (non-hydrogen) atoms. The van der Waals surface area contributed by atoms with Crippen molar-refractivity contribution in [3.8, 4) is 0 Å². The van der Waals surface area contributed by atoms with Gasteiger partial charge in [0.25, 0.3) is 0 Å². The first kappa shape index (κ1) is 16.7. The molecule has 4 nitrogen and oxygen atoms in total. The van der Waals surface area contributed by atoms with E-state index in [0.29, 0.717) is 26.2 Å². The van der Waals surface area contributed by atoms with Gasteiger partial charge in [-0.15, -0.1) is 0 Å². The largest absolute Gasteiger partial charge is 0.401 e. The molecule has 3 N–H and O–H groups in total. The summed E-state index contributed by atoms with van der Waals surface area (Å²) < 4.78 is 36.8. The lowest BCUT2D eigenvalue weighted by Crippen LogP contribution is -2.57. The van der Waals surface area contributed by atoms with Gasteiger partial charge >= 0.3 is 6.18 Å². The van der Waals surface area contributed by atoms with E-state index in [2.05, 4.69) is 0 Å². The fourth-order valence-electron chi connectivity index (χ4n) is 2.55. The first-order valence-electron chi connectivity index (χ1n) is 6.77. The molecule has 0 aromatic carbocycles. The predicted octanol–water partition coefficient (Wildman–Crippen LogP) is 0.655. The zero-order valence-electron chi connectivity index (χ0n) is 11.4. The highest BCUT2D eigenvalue weighted by molar-refractivity contribution is 4.85. The third kappa shape index (κ3) is 5.64. The molecule has 1 aliphatic heterocycles. The van der Waals surface area contributed by atoms with Gasteiger partial charge < -0.3 is 10.8 Å². The van der Waals surface area contributed by atoms with Crippen molar-refractivity contribution in [3.05, 3.63) is 0 Å². The SMILES string of the molecule is CCCC(N)C(CO)N1CCN(CC(F)(F)F)CC1. The van der Waals surface area contributed by atoms with Gasteiger partial charge in [-0.1, -0.05) is 13.3 Å². The van der Waals surface area contributed by atoms with Gasteiger partial charge in [0.1, 0.15) is 0 Å². The van der Waals surface area contributed by atoms with Crippen molar-refractivity contribution in [2.75, 3.05) is 39.3 Å². The number of alkyl halides is 3. The van der Waals surface area contributed by atoms with Crippen LogP contribution in [0.3, 0.4) is 0 Å². The number of aliphatic hydroxyl groups is 1. The molecule has 0 saturated carbocycles. The van der Waals surface area contributed by atoms with Crippen LogP contribution in [0.15, 0.2) is 0 Å². The van der Waals surface area contributed by atoms with Crippen molar-refractivity contribution >= 4 is 0 Å². The third-order valence-corrected chi connectivity index (χ3v) is 3.58. The average Bonchev–Trinajstić information content (AvgIpc) is 2.30. The predicted molar refractivity (Wildman–Crippen MR) is 67.8 cm³/mol. The summed E-state index contributed by atoms with van der Waals surface area (Å²) in [7, 11) is 0. The van der Waals surface area contributed by atoms with Crippen LogP contribution in [0.1, 0.15) is 19.8 Å². The zero-order valence-corrected chi connectivity index (χ0v) is 11.4. The molecule has 1 rings (SSSR count). The van der Waals surface area contributed by atoms with Gasteiger partial charge in [0.2, 0.25) is 0 Å². The van der Waals surface area contributed by atoms with Gasteiger partial charge in [-0.2, -0.15) is 13.2 Å². The number of hydrogen-bond acceptors (Lipinski definition) is 4. The lowest BCUT2D eigenvalue weighted by molar-refractivity contribution is -0.150.